The average Bonchev–Trinajstić information content (AvgIpc) is 2.46. The molecule has 1 aromatic rings. The summed E-state index contributed by atoms with van der Waals surface area (Å²) in [5.41, 5.74) is 1.12. The molecule has 21 heavy (non-hydrogen) atoms. The van der Waals surface area contributed by atoms with Crippen LogP contribution in [-0.2, 0) is 4.79 Å². The number of carboxylic acid groups (broad SMARTS) is 1. The van der Waals surface area contributed by atoms with E-state index in [1.807, 2.05) is 25.1 Å². The van der Waals surface area contributed by atoms with Gasteiger partial charge in [0.2, 0.25) is 0 Å². The Hall–Kier alpha value is -1.75. The summed E-state index contributed by atoms with van der Waals surface area (Å²) in [7, 11) is 1.61. The van der Waals surface area contributed by atoms with Gasteiger partial charge >= 0.3 is 5.97 Å². The number of nitrogens with one attached hydrogen (secondary N) is 1. The lowest BCUT2D eigenvalue weighted by molar-refractivity contribution is -0.144. The smallest absolute Gasteiger partial charge is 0.306 e. The van der Waals surface area contributed by atoms with Crippen molar-refractivity contribution in [2.45, 2.75) is 38.2 Å². The highest BCUT2D eigenvalue weighted by molar-refractivity contribution is 5.70. The van der Waals surface area contributed by atoms with Gasteiger partial charge in [0.05, 0.1) is 24.3 Å². The zero-order valence-corrected chi connectivity index (χ0v) is 12.6. The third kappa shape index (κ3) is 3.88. The molecule has 0 bridgehead atoms. The van der Waals surface area contributed by atoms with Crippen molar-refractivity contribution in [1.29, 1.82) is 0 Å². The second-order valence-corrected chi connectivity index (χ2v) is 5.89. The first kappa shape index (κ1) is 15.6. The van der Waals surface area contributed by atoms with E-state index in [0.29, 0.717) is 32.2 Å². The summed E-state index contributed by atoms with van der Waals surface area (Å²) in [6, 6.07) is 5.84. The van der Waals surface area contributed by atoms with Gasteiger partial charge < -0.3 is 20.3 Å². The highest BCUT2D eigenvalue weighted by Gasteiger charge is 2.35. The van der Waals surface area contributed by atoms with Gasteiger partial charge in [-0.15, -0.1) is 0 Å². The molecule has 0 atom stereocenters. The van der Waals surface area contributed by atoms with Crippen LogP contribution in [0.25, 0.3) is 0 Å². The predicted molar refractivity (Wildman–Crippen MR) is 80.8 cm³/mol. The predicted octanol–water partition coefficient (Wildman–Crippen LogP) is 2.42. The molecule has 0 spiro atoms. The van der Waals surface area contributed by atoms with E-state index in [0.717, 1.165) is 17.0 Å². The molecule has 0 aliphatic heterocycles. The van der Waals surface area contributed by atoms with E-state index in [1.165, 1.54) is 0 Å². The Morgan fingerprint density at radius 3 is 2.67 bits per heavy atom. The van der Waals surface area contributed by atoms with Gasteiger partial charge in [0.15, 0.2) is 0 Å². The van der Waals surface area contributed by atoms with Crippen molar-refractivity contribution in [3.05, 3.63) is 23.8 Å². The first-order valence-electron chi connectivity index (χ1n) is 7.27. The number of carboxylic acids is 1. The Balaban J connectivity index is 1.97. The molecule has 0 saturated heterocycles. The highest BCUT2D eigenvalue weighted by Crippen LogP contribution is 2.33. The molecule has 1 aliphatic carbocycles. The molecule has 1 saturated carbocycles. The van der Waals surface area contributed by atoms with Gasteiger partial charge in [-0.1, -0.05) is 6.07 Å². The standard InChI is InChI=1S/C16H23NO4/c1-11-3-4-14(21-2)13(9-11)17-10-16(20)7-5-12(6-8-16)15(18)19/h3-4,9,12,17,20H,5-8,10H2,1-2H3,(H,18,19). The van der Waals surface area contributed by atoms with Gasteiger partial charge in [0.25, 0.3) is 0 Å². The third-order valence-electron chi connectivity index (χ3n) is 4.23. The van der Waals surface area contributed by atoms with Crippen LogP contribution >= 0.6 is 0 Å². The number of ether oxygens (including phenoxy) is 1. The monoisotopic (exact) mass is 293 g/mol. The molecule has 0 aromatic heterocycles. The summed E-state index contributed by atoms with van der Waals surface area (Å²) >= 11 is 0. The zero-order valence-electron chi connectivity index (χ0n) is 12.6. The van der Waals surface area contributed by atoms with Crippen molar-refractivity contribution in [2.75, 3.05) is 19.0 Å². The molecule has 0 amide bonds. The summed E-state index contributed by atoms with van der Waals surface area (Å²) in [4.78, 5) is 11.0. The third-order valence-corrected chi connectivity index (χ3v) is 4.23. The Morgan fingerprint density at radius 1 is 1.43 bits per heavy atom. The number of anilines is 1. The average molecular weight is 293 g/mol. The quantitative estimate of drug-likeness (QED) is 0.777. The molecular weight excluding hydrogens is 270 g/mol. The number of hydrogen-bond acceptors (Lipinski definition) is 4. The van der Waals surface area contributed by atoms with Crippen LogP contribution in [0, 0.1) is 12.8 Å². The minimum absolute atomic E-state index is 0.321. The Labute approximate surface area is 124 Å². The van der Waals surface area contributed by atoms with E-state index in [4.69, 9.17) is 9.84 Å². The fourth-order valence-corrected chi connectivity index (χ4v) is 2.80. The number of rotatable bonds is 5. The second-order valence-electron chi connectivity index (χ2n) is 5.89. The molecule has 3 N–H and O–H groups in total. The van der Waals surface area contributed by atoms with E-state index < -0.39 is 11.6 Å². The van der Waals surface area contributed by atoms with Gasteiger partial charge in [0.1, 0.15) is 5.75 Å². The molecule has 5 heteroatoms. The molecular formula is C16H23NO4. The van der Waals surface area contributed by atoms with Gasteiger partial charge in [0, 0.05) is 6.54 Å². The van der Waals surface area contributed by atoms with Crippen molar-refractivity contribution in [3.63, 3.8) is 0 Å². The maximum atomic E-state index is 11.0. The fourth-order valence-electron chi connectivity index (χ4n) is 2.80. The molecule has 0 heterocycles. The fraction of sp³-hybridized carbons (Fsp3) is 0.562. The van der Waals surface area contributed by atoms with E-state index in [1.54, 1.807) is 7.11 Å². The van der Waals surface area contributed by atoms with E-state index in [9.17, 15) is 9.90 Å². The topological polar surface area (TPSA) is 78.8 Å². The Bertz CT molecular complexity index is 507. The molecule has 1 fully saturated rings. The molecule has 1 aromatic carbocycles. The summed E-state index contributed by atoms with van der Waals surface area (Å²) in [6.07, 6.45) is 2.06. The van der Waals surface area contributed by atoms with Gasteiger partial charge in [-0.05, 0) is 50.3 Å². The Morgan fingerprint density at radius 2 is 2.10 bits per heavy atom. The maximum Gasteiger partial charge on any atom is 0.306 e. The number of carbonyl (C=O) groups is 1. The summed E-state index contributed by atoms with van der Waals surface area (Å²) in [5.74, 6) is -0.340. The van der Waals surface area contributed by atoms with Crippen LogP contribution in [0.2, 0.25) is 0 Å². The number of aryl methyl sites for hydroxylation is 1. The van der Waals surface area contributed by atoms with Crippen molar-refractivity contribution >= 4 is 11.7 Å². The number of aliphatic hydroxyl groups is 1. The number of hydrogen-bond donors (Lipinski definition) is 3. The van der Waals surface area contributed by atoms with Crippen LogP contribution in [0.3, 0.4) is 0 Å². The normalized spacial score (nSPS) is 25.4. The van der Waals surface area contributed by atoms with Crippen molar-refractivity contribution in [2.24, 2.45) is 5.92 Å². The number of benzene rings is 1. The molecule has 116 valence electrons. The molecule has 5 nitrogen and oxygen atoms in total. The van der Waals surface area contributed by atoms with Crippen LogP contribution < -0.4 is 10.1 Å². The van der Waals surface area contributed by atoms with Crippen LogP contribution in [0.1, 0.15) is 31.2 Å². The first-order valence-corrected chi connectivity index (χ1v) is 7.27. The molecule has 0 unspecified atom stereocenters. The maximum absolute atomic E-state index is 11.0. The van der Waals surface area contributed by atoms with Gasteiger partial charge in [-0.2, -0.15) is 0 Å². The van der Waals surface area contributed by atoms with Crippen molar-refractivity contribution in [1.82, 2.24) is 0 Å². The lowest BCUT2D eigenvalue weighted by atomic mass is 9.79. The minimum Gasteiger partial charge on any atom is -0.495 e. The largest absolute Gasteiger partial charge is 0.495 e. The number of methoxy groups -OCH3 is 1. The van der Waals surface area contributed by atoms with Crippen LogP contribution in [-0.4, -0.2) is 35.4 Å². The second kappa shape index (κ2) is 6.35. The summed E-state index contributed by atoms with van der Waals surface area (Å²) < 4.78 is 5.30. The lowest BCUT2D eigenvalue weighted by Gasteiger charge is -2.35. The van der Waals surface area contributed by atoms with E-state index in [2.05, 4.69) is 5.32 Å². The van der Waals surface area contributed by atoms with Crippen molar-refractivity contribution in [3.8, 4) is 5.75 Å². The van der Waals surface area contributed by atoms with Crippen LogP contribution in [0.15, 0.2) is 18.2 Å². The first-order chi connectivity index (χ1) is 9.93. The zero-order chi connectivity index (χ0) is 15.5. The van der Waals surface area contributed by atoms with Crippen molar-refractivity contribution < 1.29 is 19.7 Å². The van der Waals surface area contributed by atoms with Crippen LogP contribution in [0.5, 0.6) is 5.75 Å². The minimum atomic E-state index is -0.847. The summed E-state index contributed by atoms with van der Waals surface area (Å²) in [5, 5.41) is 22.8. The highest BCUT2D eigenvalue weighted by atomic mass is 16.5. The SMILES string of the molecule is COc1ccc(C)cc1NCC1(O)CCC(C(=O)O)CC1. The number of aliphatic carboxylic acids is 1. The Kier molecular flexibility index (Phi) is 4.73. The van der Waals surface area contributed by atoms with E-state index >= 15 is 0 Å². The van der Waals surface area contributed by atoms with Gasteiger partial charge in [-0.25, -0.2) is 0 Å². The van der Waals surface area contributed by atoms with E-state index in [-0.39, 0.29) is 5.92 Å². The molecule has 0 radical (unpaired) electrons. The molecule has 2 rings (SSSR count). The van der Waals surface area contributed by atoms with Gasteiger partial charge in [-0.3, -0.25) is 4.79 Å². The summed E-state index contributed by atoms with van der Waals surface area (Å²) in [6.45, 7) is 2.40. The molecule has 1 aliphatic rings. The lowest BCUT2D eigenvalue weighted by Crippen LogP contribution is -2.41. The van der Waals surface area contributed by atoms with Crippen LogP contribution in [0.4, 0.5) is 5.69 Å².